The van der Waals surface area contributed by atoms with E-state index in [1.807, 2.05) is 52.0 Å². The van der Waals surface area contributed by atoms with Crippen molar-refractivity contribution in [2.24, 2.45) is 5.92 Å². The van der Waals surface area contributed by atoms with Crippen LogP contribution in [-0.4, -0.2) is 75.1 Å². The maximum absolute atomic E-state index is 11.9. The number of hydrogen-bond acceptors (Lipinski definition) is 7. The molecular formula is C42H64N4O4. The zero-order valence-electron chi connectivity index (χ0n) is 31.8. The monoisotopic (exact) mass is 688 g/mol. The Balaban J connectivity index is 0.00000332. The normalized spacial score (nSPS) is 19.8. The van der Waals surface area contributed by atoms with E-state index in [-0.39, 0.29) is 6.04 Å². The van der Waals surface area contributed by atoms with Crippen LogP contribution in [-0.2, 0) is 14.3 Å². The van der Waals surface area contributed by atoms with Crippen molar-refractivity contribution in [3.8, 4) is 0 Å². The number of aliphatic hydroxyl groups excluding tert-OH is 1. The number of hydrogen-bond donors (Lipinski definition) is 3. The molecule has 1 aliphatic carbocycles. The summed E-state index contributed by atoms with van der Waals surface area (Å²) < 4.78 is 12.0. The third-order valence-electron chi connectivity index (χ3n) is 9.53. The van der Waals surface area contributed by atoms with E-state index < -0.39 is 12.5 Å². The fourth-order valence-corrected chi connectivity index (χ4v) is 7.15. The number of nitrogens with one attached hydrogen (secondary N) is 2. The first-order valence-corrected chi connectivity index (χ1v) is 19.0. The van der Waals surface area contributed by atoms with Crippen molar-refractivity contribution in [1.29, 1.82) is 0 Å². The van der Waals surface area contributed by atoms with Crippen molar-refractivity contribution in [1.82, 2.24) is 10.2 Å². The van der Waals surface area contributed by atoms with Gasteiger partial charge < -0.3 is 35.0 Å². The molecule has 8 nitrogen and oxygen atoms in total. The molecule has 3 N–H and O–H groups in total. The number of carbonyl (C=O) groups is 1. The maximum atomic E-state index is 11.9. The molecule has 0 aromatic heterocycles. The van der Waals surface area contributed by atoms with Gasteiger partial charge in [-0.15, -0.1) is 0 Å². The van der Waals surface area contributed by atoms with Gasteiger partial charge in [-0.25, -0.2) is 0 Å². The minimum Gasteiger partial charge on any atom is -0.489 e. The van der Waals surface area contributed by atoms with Crippen LogP contribution in [0.15, 0.2) is 89.5 Å². The Morgan fingerprint density at radius 3 is 2.60 bits per heavy atom. The van der Waals surface area contributed by atoms with Gasteiger partial charge in [0, 0.05) is 68.4 Å². The first kappa shape index (κ1) is 40.7. The van der Waals surface area contributed by atoms with Crippen molar-refractivity contribution >= 4 is 17.3 Å². The Bertz CT molecular complexity index is 1390. The molecule has 1 fully saturated rings. The molecule has 50 heavy (non-hydrogen) atoms. The zero-order chi connectivity index (χ0) is 36.3. The van der Waals surface area contributed by atoms with Gasteiger partial charge in [-0.05, 0) is 86.3 Å². The highest BCUT2D eigenvalue weighted by Crippen LogP contribution is 2.47. The number of rotatable bonds is 18. The lowest BCUT2D eigenvalue weighted by Crippen LogP contribution is -2.32. The molecule has 0 bridgehead atoms. The average Bonchev–Trinajstić information content (AvgIpc) is 3.70. The molecule has 1 saturated heterocycles. The van der Waals surface area contributed by atoms with Gasteiger partial charge in [0.2, 0.25) is 5.91 Å². The molecule has 2 heterocycles. The predicted molar refractivity (Wildman–Crippen MR) is 209 cm³/mol. The summed E-state index contributed by atoms with van der Waals surface area (Å²) in [5, 5.41) is 15.6. The quantitative estimate of drug-likeness (QED) is 0.0814. The van der Waals surface area contributed by atoms with Gasteiger partial charge in [0.25, 0.3) is 0 Å². The number of aliphatic hydroxyl groups is 1. The van der Waals surface area contributed by atoms with Crippen LogP contribution >= 0.6 is 0 Å². The summed E-state index contributed by atoms with van der Waals surface area (Å²) in [7, 11) is 2.13. The molecule has 276 valence electrons. The second kappa shape index (κ2) is 22.1. The van der Waals surface area contributed by atoms with Crippen molar-refractivity contribution in [2.45, 2.75) is 92.0 Å². The van der Waals surface area contributed by atoms with Crippen LogP contribution in [0.1, 0.15) is 91.5 Å². The summed E-state index contributed by atoms with van der Waals surface area (Å²) in [6.07, 6.45) is 24.0. The number of anilines is 2. The highest BCUT2D eigenvalue weighted by molar-refractivity contribution is 5.92. The molecule has 1 aromatic carbocycles. The molecular weight excluding hydrogens is 624 g/mol. The van der Waals surface area contributed by atoms with E-state index in [9.17, 15) is 9.90 Å². The summed E-state index contributed by atoms with van der Waals surface area (Å²) >= 11 is 0. The SMILES string of the molecule is CC.C\C=C/C(=C\C=C\C1C(C(CC)CCC)c2ccc(NC(=O)CO)cc2N1C)OCC1=CC(N2CCCC2)=CC=C(NCCOCC)C1. The molecule has 4 rings (SSSR count). The fraction of sp³-hybridized carbons (Fsp3) is 0.548. The van der Waals surface area contributed by atoms with Gasteiger partial charge >= 0.3 is 0 Å². The second-order valence-electron chi connectivity index (χ2n) is 12.9. The molecule has 0 spiro atoms. The number of carbonyl (C=O) groups excluding carboxylic acids is 1. The van der Waals surface area contributed by atoms with E-state index in [4.69, 9.17) is 9.47 Å². The van der Waals surface area contributed by atoms with Gasteiger partial charge in [0.1, 0.15) is 19.0 Å². The minimum absolute atomic E-state index is 0.163. The number of allylic oxidation sites excluding steroid dienone is 8. The van der Waals surface area contributed by atoms with Gasteiger partial charge in [-0.2, -0.15) is 0 Å². The molecule has 1 amide bonds. The highest BCUT2D eigenvalue weighted by Gasteiger charge is 2.39. The number of likely N-dealkylation sites (tertiary alicyclic amines) is 1. The molecule has 1 aromatic rings. The Morgan fingerprint density at radius 2 is 1.92 bits per heavy atom. The van der Waals surface area contributed by atoms with Gasteiger partial charge in [0.05, 0.1) is 12.6 Å². The van der Waals surface area contributed by atoms with Crippen molar-refractivity contribution in [2.75, 3.05) is 63.3 Å². The lowest BCUT2D eigenvalue weighted by Gasteiger charge is -2.29. The summed E-state index contributed by atoms with van der Waals surface area (Å²) in [4.78, 5) is 16.7. The van der Waals surface area contributed by atoms with Crippen LogP contribution in [0.5, 0.6) is 0 Å². The van der Waals surface area contributed by atoms with E-state index >= 15 is 0 Å². The first-order valence-electron chi connectivity index (χ1n) is 19.0. The van der Waals surface area contributed by atoms with Crippen molar-refractivity contribution < 1.29 is 19.4 Å². The Morgan fingerprint density at radius 1 is 1.14 bits per heavy atom. The number of benzene rings is 1. The van der Waals surface area contributed by atoms with Crippen molar-refractivity contribution in [3.05, 3.63) is 95.1 Å². The van der Waals surface area contributed by atoms with E-state index in [0.717, 1.165) is 63.4 Å². The first-order chi connectivity index (χ1) is 24.4. The Kier molecular flexibility index (Phi) is 18.0. The summed E-state index contributed by atoms with van der Waals surface area (Å²) in [6, 6.07) is 6.31. The fourth-order valence-electron chi connectivity index (χ4n) is 7.15. The third kappa shape index (κ3) is 11.7. The van der Waals surface area contributed by atoms with E-state index in [0.29, 0.717) is 30.7 Å². The molecule has 3 aliphatic rings. The van der Waals surface area contributed by atoms with Gasteiger partial charge in [-0.1, -0.05) is 71.3 Å². The summed E-state index contributed by atoms with van der Waals surface area (Å²) in [6.45, 7) is 17.0. The number of nitrogens with zero attached hydrogens (tertiary/aromatic N) is 2. The minimum atomic E-state index is -0.533. The zero-order valence-corrected chi connectivity index (χ0v) is 31.8. The Hall–Kier alpha value is -3.75. The van der Waals surface area contributed by atoms with Gasteiger partial charge in [0.15, 0.2) is 0 Å². The lowest BCUT2D eigenvalue weighted by molar-refractivity contribution is -0.118. The van der Waals surface area contributed by atoms with Crippen LogP contribution in [0, 0.1) is 5.92 Å². The largest absolute Gasteiger partial charge is 0.489 e. The van der Waals surface area contributed by atoms with Crippen LogP contribution in [0.3, 0.4) is 0 Å². The topological polar surface area (TPSA) is 86.3 Å². The standard InChI is InChI=1S/C40H58N4O4.C2H6/c1-6-13-31(8-3)40-36-20-18-33(42-39(46)28-45)27-38(36)43(5)37(40)16-12-15-35(14-7-2)48-29-30-25-32(41-21-24-47-9-4)17-19-34(26-30)44-22-10-11-23-44;1-2/h7,12,14-20,26-27,31,37,40-41,45H,6,8-11,13,21-25,28-29H2,1-5H3,(H,42,46);1-2H3/b14-7-,16-12+,35-15+;. The van der Waals surface area contributed by atoms with Crippen LogP contribution in [0.25, 0.3) is 0 Å². The molecule has 3 unspecified atom stereocenters. The van der Waals surface area contributed by atoms with E-state index in [1.165, 1.54) is 35.4 Å². The molecule has 0 saturated carbocycles. The molecule has 8 heteroatoms. The van der Waals surface area contributed by atoms with Gasteiger partial charge in [-0.3, -0.25) is 4.79 Å². The summed E-state index contributed by atoms with van der Waals surface area (Å²) in [5.74, 6) is 1.28. The van der Waals surface area contributed by atoms with Crippen molar-refractivity contribution in [3.63, 3.8) is 0 Å². The molecule has 3 atom stereocenters. The third-order valence-corrected chi connectivity index (χ3v) is 9.53. The average molecular weight is 689 g/mol. The second-order valence-corrected chi connectivity index (χ2v) is 12.9. The maximum Gasteiger partial charge on any atom is 0.250 e. The number of amides is 1. The lowest BCUT2D eigenvalue weighted by atomic mass is 9.78. The Labute approximate surface area is 302 Å². The van der Waals surface area contributed by atoms with E-state index in [1.54, 1.807) is 0 Å². The number of fused-ring (bicyclic) bond motifs is 1. The predicted octanol–water partition coefficient (Wildman–Crippen LogP) is 8.22. The summed E-state index contributed by atoms with van der Waals surface area (Å²) in [5.41, 5.74) is 6.81. The van der Waals surface area contributed by atoms with Crippen LogP contribution in [0.4, 0.5) is 11.4 Å². The highest BCUT2D eigenvalue weighted by atomic mass is 16.5. The van der Waals surface area contributed by atoms with Crippen LogP contribution in [0.2, 0.25) is 0 Å². The number of ether oxygens (including phenoxy) is 2. The molecule has 2 aliphatic heterocycles. The van der Waals surface area contributed by atoms with Crippen LogP contribution < -0.4 is 15.5 Å². The van der Waals surface area contributed by atoms with E-state index in [2.05, 4.69) is 83.9 Å². The smallest absolute Gasteiger partial charge is 0.250 e. The number of likely N-dealkylation sites (N-methyl/N-ethyl adjacent to an activating group) is 1. The molecule has 0 radical (unpaired) electrons.